The lowest BCUT2D eigenvalue weighted by Gasteiger charge is -2.14. The number of nitrogens with one attached hydrogen (secondary N) is 1. The average Bonchev–Trinajstić information content (AvgIpc) is 1.81. The molecule has 0 aliphatic carbocycles. The number of amidine groups is 1. The molecule has 0 bridgehead atoms. The van der Waals surface area contributed by atoms with Crippen LogP contribution in [0.2, 0.25) is 0 Å². The standard InChI is InChI=1S/C5H12N2O3S.C3H6/c1-3(2)4(5(6)7)11(8,9)10;1-3-2/h3-4H,1-2H3,(H3,6,7)(H,8,9,10);3H,1H2,2H3. The quantitative estimate of drug-likeness (QED) is 0.287. The van der Waals surface area contributed by atoms with E-state index in [9.17, 15) is 8.42 Å². The van der Waals surface area contributed by atoms with E-state index in [1.165, 1.54) is 0 Å². The summed E-state index contributed by atoms with van der Waals surface area (Å²) in [4.78, 5) is 0. The number of allylic oxidation sites excluding steroid dienone is 1. The number of hydrogen-bond donors (Lipinski definition) is 3. The maximum atomic E-state index is 10.5. The third kappa shape index (κ3) is 6.62. The smallest absolute Gasteiger partial charge is 0.275 e. The van der Waals surface area contributed by atoms with Crippen LogP contribution in [0.4, 0.5) is 0 Å². The van der Waals surface area contributed by atoms with Crippen molar-refractivity contribution in [2.75, 3.05) is 0 Å². The molecule has 5 nitrogen and oxygen atoms in total. The van der Waals surface area contributed by atoms with Crippen molar-refractivity contribution in [1.82, 2.24) is 0 Å². The van der Waals surface area contributed by atoms with Crippen molar-refractivity contribution < 1.29 is 13.0 Å². The highest BCUT2D eigenvalue weighted by Crippen LogP contribution is 2.09. The van der Waals surface area contributed by atoms with Gasteiger partial charge in [0.2, 0.25) is 0 Å². The zero-order valence-corrected chi connectivity index (χ0v) is 9.50. The van der Waals surface area contributed by atoms with Crippen LogP contribution >= 0.6 is 0 Å². The molecular formula is C8H18N2O3S. The summed E-state index contributed by atoms with van der Waals surface area (Å²) in [5.74, 6) is -0.912. The van der Waals surface area contributed by atoms with E-state index in [1.54, 1.807) is 19.9 Å². The van der Waals surface area contributed by atoms with E-state index < -0.39 is 21.2 Å². The van der Waals surface area contributed by atoms with Gasteiger partial charge < -0.3 is 5.73 Å². The summed E-state index contributed by atoms with van der Waals surface area (Å²) < 4.78 is 29.7. The van der Waals surface area contributed by atoms with Crippen LogP contribution in [0.1, 0.15) is 20.8 Å². The van der Waals surface area contributed by atoms with Gasteiger partial charge in [0.25, 0.3) is 10.1 Å². The van der Waals surface area contributed by atoms with Crippen LogP contribution in [0, 0.1) is 11.3 Å². The van der Waals surface area contributed by atoms with Gasteiger partial charge in [0, 0.05) is 0 Å². The second-order valence-electron chi connectivity index (χ2n) is 3.04. The van der Waals surface area contributed by atoms with Gasteiger partial charge >= 0.3 is 0 Å². The molecule has 6 heteroatoms. The van der Waals surface area contributed by atoms with Crippen molar-refractivity contribution in [3.8, 4) is 0 Å². The first kappa shape index (κ1) is 15.6. The van der Waals surface area contributed by atoms with Crippen LogP contribution in [-0.2, 0) is 10.1 Å². The molecular weight excluding hydrogens is 204 g/mol. The van der Waals surface area contributed by atoms with E-state index in [0.29, 0.717) is 0 Å². The molecule has 0 amide bonds. The maximum absolute atomic E-state index is 10.5. The molecule has 0 rings (SSSR count). The highest BCUT2D eigenvalue weighted by Gasteiger charge is 2.29. The fraction of sp³-hybridized carbons (Fsp3) is 0.625. The van der Waals surface area contributed by atoms with E-state index >= 15 is 0 Å². The summed E-state index contributed by atoms with van der Waals surface area (Å²) in [6, 6.07) is 0. The molecule has 0 spiro atoms. The fourth-order valence-corrected chi connectivity index (χ4v) is 1.87. The van der Waals surface area contributed by atoms with E-state index in [2.05, 4.69) is 6.58 Å². The predicted molar refractivity (Wildman–Crippen MR) is 58.0 cm³/mol. The van der Waals surface area contributed by atoms with Crippen LogP contribution < -0.4 is 5.73 Å². The molecule has 0 aromatic carbocycles. The van der Waals surface area contributed by atoms with Gasteiger partial charge in [0.1, 0.15) is 11.1 Å². The minimum absolute atomic E-state index is 0.387. The van der Waals surface area contributed by atoms with Crippen molar-refractivity contribution in [3.63, 3.8) is 0 Å². The minimum atomic E-state index is -4.21. The Morgan fingerprint density at radius 3 is 1.86 bits per heavy atom. The molecule has 0 aromatic rings. The van der Waals surface area contributed by atoms with Crippen molar-refractivity contribution in [2.45, 2.75) is 26.0 Å². The summed E-state index contributed by atoms with van der Waals surface area (Å²) in [6.45, 7) is 8.39. The van der Waals surface area contributed by atoms with E-state index in [1.807, 2.05) is 6.92 Å². The largest absolute Gasteiger partial charge is 0.386 e. The lowest BCUT2D eigenvalue weighted by molar-refractivity contribution is 0.462. The van der Waals surface area contributed by atoms with Gasteiger partial charge in [-0.3, -0.25) is 9.96 Å². The molecule has 0 aliphatic heterocycles. The molecule has 0 aromatic heterocycles. The minimum Gasteiger partial charge on any atom is -0.386 e. The zero-order chi connectivity index (χ0) is 11.9. The van der Waals surface area contributed by atoms with Gasteiger partial charge in [-0.25, -0.2) is 0 Å². The Morgan fingerprint density at radius 1 is 1.57 bits per heavy atom. The third-order valence-electron chi connectivity index (χ3n) is 1.23. The Bertz CT molecular complexity index is 283. The normalized spacial score (nSPS) is 12.6. The molecule has 84 valence electrons. The first-order valence-corrected chi connectivity index (χ1v) is 5.56. The lowest BCUT2D eigenvalue weighted by Crippen LogP contribution is -2.39. The highest BCUT2D eigenvalue weighted by molar-refractivity contribution is 7.87. The zero-order valence-electron chi connectivity index (χ0n) is 8.69. The van der Waals surface area contributed by atoms with Gasteiger partial charge in [0.15, 0.2) is 0 Å². The van der Waals surface area contributed by atoms with E-state index in [4.69, 9.17) is 15.7 Å². The first-order chi connectivity index (χ1) is 6.18. The number of nitrogens with two attached hydrogens (primary N) is 1. The predicted octanol–water partition coefficient (Wildman–Crippen LogP) is 1.03. The van der Waals surface area contributed by atoms with Crippen molar-refractivity contribution in [1.29, 1.82) is 5.41 Å². The molecule has 0 heterocycles. The second-order valence-corrected chi connectivity index (χ2v) is 4.58. The molecule has 1 atom stereocenters. The first-order valence-electron chi connectivity index (χ1n) is 4.05. The summed E-state index contributed by atoms with van der Waals surface area (Å²) in [5, 5.41) is 5.60. The summed E-state index contributed by atoms with van der Waals surface area (Å²) in [6.07, 6.45) is 1.75. The molecule has 1 unspecified atom stereocenters. The van der Waals surface area contributed by atoms with Crippen LogP contribution in [0.3, 0.4) is 0 Å². The van der Waals surface area contributed by atoms with Crippen molar-refractivity contribution in [2.24, 2.45) is 11.7 Å². The van der Waals surface area contributed by atoms with Gasteiger partial charge in [-0.1, -0.05) is 19.9 Å². The SMILES string of the molecule is C=CC.CC(C)C(C(=N)N)S(=O)(=O)O. The average molecular weight is 222 g/mol. The van der Waals surface area contributed by atoms with Gasteiger partial charge in [-0.2, -0.15) is 8.42 Å². The molecule has 0 saturated carbocycles. The van der Waals surface area contributed by atoms with Crippen molar-refractivity contribution >= 4 is 16.0 Å². The Hall–Kier alpha value is -0.880. The molecule has 0 aliphatic rings. The van der Waals surface area contributed by atoms with Gasteiger partial charge in [0.05, 0.1) is 0 Å². The molecule has 4 N–H and O–H groups in total. The monoisotopic (exact) mass is 222 g/mol. The molecule has 0 saturated heterocycles. The third-order valence-corrected chi connectivity index (χ3v) is 2.67. The van der Waals surface area contributed by atoms with Crippen molar-refractivity contribution in [3.05, 3.63) is 12.7 Å². The van der Waals surface area contributed by atoms with E-state index in [0.717, 1.165) is 0 Å². The Morgan fingerprint density at radius 2 is 1.86 bits per heavy atom. The number of hydrogen-bond acceptors (Lipinski definition) is 3. The second kappa shape index (κ2) is 6.56. The Kier molecular flexibility index (Phi) is 7.30. The van der Waals surface area contributed by atoms with Gasteiger partial charge in [-0.15, -0.1) is 6.58 Å². The Balaban J connectivity index is 0. The summed E-state index contributed by atoms with van der Waals surface area (Å²) >= 11 is 0. The molecule has 14 heavy (non-hydrogen) atoms. The highest BCUT2D eigenvalue weighted by atomic mass is 32.2. The van der Waals surface area contributed by atoms with Crippen LogP contribution in [0.15, 0.2) is 12.7 Å². The van der Waals surface area contributed by atoms with Gasteiger partial charge in [-0.05, 0) is 12.8 Å². The Labute approximate surface area is 85.3 Å². The fourth-order valence-electron chi connectivity index (χ4n) is 0.864. The molecule has 0 fully saturated rings. The van der Waals surface area contributed by atoms with Crippen LogP contribution in [-0.4, -0.2) is 24.1 Å². The van der Waals surface area contributed by atoms with Crippen LogP contribution in [0.25, 0.3) is 0 Å². The topological polar surface area (TPSA) is 104 Å². The maximum Gasteiger partial charge on any atom is 0.275 e. The van der Waals surface area contributed by atoms with E-state index in [-0.39, 0.29) is 5.92 Å². The van der Waals surface area contributed by atoms with Crippen LogP contribution in [0.5, 0.6) is 0 Å². The lowest BCUT2D eigenvalue weighted by atomic mass is 10.1. The molecule has 0 radical (unpaired) electrons. The summed E-state index contributed by atoms with van der Waals surface area (Å²) in [5.41, 5.74) is 4.97. The number of rotatable bonds is 3. The summed E-state index contributed by atoms with van der Waals surface area (Å²) in [7, 11) is -4.21.